The molecular formula is C21H23ClN6O2S2. The lowest BCUT2D eigenvalue weighted by Gasteiger charge is -2.18. The van der Waals surface area contributed by atoms with Gasteiger partial charge in [0.1, 0.15) is 5.65 Å². The molecule has 11 heteroatoms. The molecule has 0 aliphatic rings. The molecule has 0 saturated heterocycles. The van der Waals surface area contributed by atoms with Crippen LogP contribution in [0, 0.1) is 0 Å². The van der Waals surface area contributed by atoms with Crippen molar-refractivity contribution < 1.29 is 8.42 Å². The standard InChI is InChI=1S/C21H23ClN6O2S2/c1-4-28(5-2)32(29,30)18-8-6-7-15(11-18)20-24-25-21(26(20)3)31-14-17-13-27-12-16(22)9-10-19(27)23-17/h6-13H,4-5,14H2,1-3H3. The monoisotopic (exact) mass is 490 g/mol. The molecule has 0 N–H and O–H groups in total. The van der Waals surface area contributed by atoms with Gasteiger partial charge in [0.2, 0.25) is 10.0 Å². The van der Waals surface area contributed by atoms with Gasteiger partial charge in [-0.3, -0.25) is 0 Å². The van der Waals surface area contributed by atoms with Crippen LogP contribution in [0.15, 0.2) is 58.8 Å². The highest BCUT2D eigenvalue weighted by molar-refractivity contribution is 7.98. The van der Waals surface area contributed by atoms with E-state index in [1.54, 1.807) is 18.2 Å². The Bertz CT molecular complexity index is 1360. The molecule has 0 aliphatic heterocycles. The average Bonchev–Trinajstić information content (AvgIpc) is 3.35. The van der Waals surface area contributed by atoms with Gasteiger partial charge < -0.3 is 8.97 Å². The number of nitrogens with zero attached hydrogens (tertiary/aromatic N) is 6. The Morgan fingerprint density at radius 2 is 1.88 bits per heavy atom. The van der Waals surface area contributed by atoms with Crippen molar-refractivity contribution in [3.63, 3.8) is 0 Å². The second-order valence-corrected chi connectivity index (χ2v) is 10.4. The number of benzene rings is 1. The molecule has 0 atom stereocenters. The van der Waals surface area contributed by atoms with Crippen LogP contribution in [0.25, 0.3) is 17.0 Å². The molecule has 3 aromatic heterocycles. The summed E-state index contributed by atoms with van der Waals surface area (Å²) in [6.45, 7) is 4.50. The molecule has 8 nitrogen and oxygen atoms in total. The van der Waals surface area contributed by atoms with Gasteiger partial charge in [-0.25, -0.2) is 13.4 Å². The highest BCUT2D eigenvalue weighted by Gasteiger charge is 2.22. The van der Waals surface area contributed by atoms with Crippen molar-refractivity contribution in [1.29, 1.82) is 0 Å². The van der Waals surface area contributed by atoms with Gasteiger partial charge in [0.05, 0.1) is 15.6 Å². The van der Waals surface area contributed by atoms with Crippen LogP contribution in [0.3, 0.4) is 0 Å². The van der Waals surface area contributed by atoms with Gasteiger partial charge in [-0.05, 0) is 24.3 Å². The van der Waals surface area contributed by atoms with E-state index in [-0.39, 0.29) is 4.90 Å². The predicted octanol–water partition coefficient (Wildman–Crippen LogP) is 4.11. The quantitative estimate of drug-likeness (QED) is 0.345. The van der Waals surface area contributed by atoms with E-state index < -0.39 is 10.0 Å². The van der Waals surface area contributed by atoms with Crippen molar-refractivity contribution in [2.45, 2.75) is 29.7 Å². The van der Waals surface area contributed by atoms with E-state index in [4.69, 9.17) is 11.6 Å². The molecule has 4 aromatic rings. The van der Waals surface area contributed by atoms with Crippen LogP contribution >= 0.6 is 23.4 Å². The average molecular weight is 491 g/mol. The summed E-state index contributed by atoms with van der Waals surface area (Å²) >= 11 is 7.55. The van der Waals surface area contributed by atoms with Crippen molar-refractivity contribution >= 4 is 39.0 Å². The fourth-order valence-corrected chi connectivity index (χ4v) is 5.89. The zero-order valence-corrected chi connectivity index (χ0v) is 20.3. The van der Waals surface area contributed by atoms with Crippen LogP contribution in [-0.2, 0) is 22.8 Å². The Morgan fingerprint density at radius 3 is 2.62 bits per heavy atom. The number of thioether (sulfide) groups is 1. The molecule has 0 aliphatic carbocycles. The highest BCUT2D eigenvalue weighted by atomic mass is 35.5. The van der Waals surface area contributed by atoms with E-state index in [1.807, 2.05) is 60.5 Å². The fourth-order valence-electron chi connectivity index (χ4n) is 3.43. The van der Waals surface area contributed by atoms with Gasteiger partial charge in [-0.1, -0.05) is 49.3 Å². The normalized spacial score (nSPS) is 12.2. The van der Waals surface area contributed by atoms with Crippen molar-refractivity contribution in [2.75, 3.05) is 13.1 Å². The van der Waals surface area contributed by atoms with Gasteiger partial charge in [-0.15, -0.1) is 10.2 Å². The highest BCUT2D eigenvalue weighted by Crippen LogP contribution is 2.27. The number of rotatable bonds is 8. The summed E-state index contributed by atoms with van der Waals surface area (Å²) in [5.74, 6) is 1.22. The van der Waals surface area contributed by atoms with Crippen LogP contribution < -0.4 is 0 Å². The van der Waals surface area contributed by atoms with Crippen LogP contribution in [0.1, 0.15) is 19.5 Å². The second-order valence-electron chi connectivity index (χ2n) is 7.12. The van der Waals surface area contributed by atoms with E-state index in [0.29, 0.717) is 40.4 Å². The van der Waals surface area contributed by atoms with Crippen molar-refractivity contribution in [3.8, 4) is 11.4 Å². The van der Waals surface area contributed by atoms with Crippen LogP contribution in [0.2, 0.25) is 5.02 Å². The molecule has 4 rings (SSSR count). The lowest BCUT2D eigenvalue weighted by molar-refractivity contribution is 0.445. The molecule has 0 fully saturated rings. The summed E-state index contributed by atoms with van der Waals surface area (Å²) in [6.07, 6.45) is 3.75. The van der Waals surface area contributed by atoms with E-state index in [1.165, 1.54) is 16.1 Å². The van der Waals surface area contributed by atoms with Crippen LogP contribution in [0.4, 0.5) is 0 Å². The third-order valence-electron chi connectivity index (χ3n) is 5.08. The Hall–Kier alpha value is -2.40. The maximum absolute atomic E-state index is 12.9. The van der Waals surface area contributed by atoms with Crippen molar-refractivity contribution in [2.24, 2.45) is 7.05 Å². The Morgan fingerprint density at radius 1 is 1.09 bits per heavy atom. The molecule has 0 amide bonds. The zero-order valence-electron chi connectivity index (χ0n) is 17.9. The number of sulfonamides is 1. The molecule has 3 heterocycles. The minimum Gasteiger partial charge on any atom is -0.305 e. The minimum atomic E-state index is -3.55. The largest absolute Gasteiger partial charge is 0.305 e. The molecule has 0 spiro atoms. The maximum Gasteiger partial charge on any atom is 0.243 e. The topological polar surface area (TPSA) is 85.4 Å². The molecule has 168 valence electrons. The number of hydrogen-bond donors (Lipinski definition) is 0. The number of aromatic nitrogens is 5. The van der Waals surface area contributed by atoms with Crippen LogP contribution in [0.5, 0.6) is 0 Å². The molecule has 0 unspecified atom stereocenters. The van der Waals surface area contributed by atoms with Crippen LogP contribution in [-0.4, -0.2) is 50.0 Å². The van der Waals surface area contributed by atoms with E-state index >= 15 is 0 Å². The fraction of sp³-hybridized carbons (Fsp3) is 0.286. The second kappa shape index (κ2) is 9.22. The summed E-state index contributed by atoms with van der Waals surface area (Å²) in [7, 11) is -1.68. The van der Waals surface area contributed by atoms with E-state index in [2.05, 4.69) is 15.2 Å². The smallest absolute Gasteiger partial charge is 0.243 e. The lowest BCUT2D eigenvalue weighted by atomic mass is 10.2. The van der Waals surface area contributed by atoms with Gasteiger partial charge in [0, 0.05) is 43.8 Å². The van der Waals surface area contributed by atoms with Gasteiger partial charge in [0.25, 0.3) is 0 Å². The Labute approximate surface area is 196 Å². The van der Waals surface area contributed by atoms with Gasteiger partial charge in [0.15, 0.2) is 11.0 Å². The third-order valence-corrected chi connectivity index (χ3v) is 8.41. The lowest BCUT2D eigenvalue weighted by Crippen LogP contribution is -2.30. The third kappa shape index (κ3) is 4.40. The number of imidazole rings is 1. The first-order valence-corrected chi connectivity index (χ1v) is 12.9. The molecule has 0 radical (unpaired) electrons. The molecule has 0 bridgehead atoms. The predicted molar refractivity (Wildman–Crippen MR) is 126 cm³/mol. The summed E-state index contributed by atoms with van der Waals surface area (Å²) in [4.78, 5) is 4.84. The number of pyridine rings is 1. The molecule has 32 heavy (non-hydrogen) atoms. The van der Waals surface area contributed by atoms with Gasteiger partial charge >= 0.3 is 0 Å². The minimum absolute atomic E-state index is 0.249. The first-order chi connectivity index (χ1) is 15.3. The molecule has 1 aromatic carbocycles. The summed E-state index contributed by atoms with van der Waals surface area (Å²) in [6, 6.07) is 10.5. The SMILES string of the molecule is CCN(CC)S(=O)(=O)c1cccc(-c2nnc(SCc3cn4cc(Cl)ccc4n3)n2C)c1. The number of halogens is 1. The molecule has 0 saturated carbocycles. The first kappa shape index (κ1) is 22.8. The summed E-state index contributed by atoms with van der Waals surface area (Å²) in [5.41, 5.74) is 2.42. The maximum atomic E-state index is 12.9. The Kier molecular flexibility index (Phi) is 6.57. The summed E-state index contributed by atoms with van der Waals surface area (Å²) in [5, 5.41) is 9.96. The van der Waals surface area contributed by atoms with E-state index in [9.17, 15) is 8.42 Å². The first-order valence-electron chi connectivity index (χ1n) is 10.1. The molecular weight excluding hydrogens is 468 g/mol. The van der Waals surface area contributed by atoms with E-state index in [0.717, 1.165) is 11.3 Å². The zero-order chi connectivity index (χ0) is 22.9. The Balaban J connectivity index is 1.56. The van der Waals surface area contributed by atoms with Crippen molar-refractivity contribution in [3.05, 3.63) is 59.5 Å². The van der Waals surface area contributed by atoms with Crippen molar-refractivity contribution in [1.82, 2.24) is 28.5 Å². The number of hydrogen-bond acceptors (Lipinski definition) is 6. The summed E-state index contributed by atoms with van der Waals surface area (Å²) < 4.78 is 31.0. The van der Waals surface area contributed by atoms with Gasteiger partial charge in [-0.2, -0.15) is 4.31 Å². The number of fused-ring (bicyclic) bond motifs is 1.